The van der Waals surface area contributed by atoms with E-state index in [2.05, 4.69) is 10.3 Å². The van der Waals surface area contributed by atoms with Gasteiger partial charge in [0.15, 0.2) is 0 Å². The van der Waals surface area contributed by atoms with Crippen LogP contribution in [0, 0.1) is 0 Å². The lowest BCUT2D eigenvalue weighted by Crippen LogP contribution is -2.28. The monoisotopic (exact) mass is 240 g/mol. The maximum Gasteiger partial charge on any atom is 0.0794 e. The molecule has 2 heterocycles. The molecule has 1 fully saturated rings. The maximum atomic E-state index is 5.65. The van der Waals surface area contributed by atoms with Gasteiger partial charge in [-0.2, -0.15) is 0 Å². The van der Waals surface area contributed by atoms with Crippen LogP contribution in [0.25, 0.3) is 0 Å². The van der Waals surface area contributed by atoms with Crippen LogP contribution in [-0.4, -0.2) is 30.8 Å². The van der Waals surface area contributed by atoms with Crippen molar-refractivity contribution in [1.29, 1.82) is 0 Å². The van der Waals surface area contributed by atoms with E-state index in [1.807, 2.05) is 18.8 Å². The molecule has 1 aliphatic rings. The van der Waals surface area contributed by atoms with Gasteiger partial charge in [0.05, 0.1) is 11.6 Å². The van der Waals surface area contributed by atoms with Crippen molar-refractivity contribution < 1.29 is 4.74 Å². The van der Waals surface area contributed by atoms with Gasteiger partial charge >= 0.3 is 0 Å². The molecule has 2 atom stereocenters. The number of ether oxygens (including phenoxy) is 1. The summed E-state index contributed by atoms with van der Waals surface area (Å²) in [5, 5.41) is 3.39. The van der Waals surface area contributed by atoms with Gasteiger partial charge in [-0.3, -0.25) is 4.98 Å². The van der Waals surface area contributed by atoms with E-state index < -0.39 is 0 Å². The largest absolute Gasteiger partial charge is 0.378 e. The minimum atomic E-state index is 0.511. The van der Waals surface area contributed by atoms with Crippen LogP contribution in [-0.2, 0) is 11.2 Å². The zero-order valence-electron chi connectivity index (χ0n) is 9.82. The van der Waals surface area contributed by atoms with Crippen molar-refractivity contribution in [2.75, 3.05) is 13.7 Å². The van der Waals surface area contributed by atoms with Crippen LogP contribution in [0.1, 0.15) is 30.6 Å². The molecule has 0 aliphatic carbocycles. The third-order valence-corrected chi connectivity index (χ3v) is 4.00. The van der Waals surface area contributed by atoms with Gasteiger partial charge in [0, 0.05) is 23.7 Å². The fourth-order valence-electron chi connectivity index (χ4n) is 2.19. The summed E-state index contributed by atoms with van der Waals surface area (Å²) in [6.45, 7) is 0.962. The Labute approximate surface area is 101 Å². The van der Waals surface area contributed by atoms with Crippen molar-refractivity contribution in [3.8, 4) is 0 Å². The lowest BCUT2D eigenvalue weighted by molar-refractivity contribution is 0.0998. The minimum Gasteiger partial charge on any atom is -0.378 e. The second-order valence-corrected chi connectivity index (χ2v) is 5.34. The molecule has 16 heavy (non-hydrogen) atoms. The van der Waals surface area contributed by atoms with Gasteiger partial charge in [-0.25, -0.2) is 0 Å². The Morgan fingerprint density at radius 2 is 2.62 bits per heavy atom. The molecule has 0 spiro atoms. The molecule has 4 heteroatoms. The number of aromatic nitrogens is 1. The molecule has 2 rings (SSSR count). The van der Waals surface area contributed by atoms with E-state index in [1.54, 1.807) is 11.3 Å². The van der Waals surface area contributed by atoms with Crippen LogP contribution in [0.5, 0.6) is 0 Å². The number of nitrogens with one attached hydrogen (secondary N) is 1. The van der Waals surface area contributed by atoms with Gasteiger partial charge in [0.2, 0.25) is 0 Å². The first-order valence-electron chi connectivity index (χ1n) is 6.04. The smallest absolute Gasteiger partial charge is 0.0794 e. The van der Waals surface area contributed by atoms with E-state index >= 15 is 0 Å². The van der Waals surface area contributed by atoms with E-state index in [1.165, 1.54) is 30.6 Å². The Morgan fingerprint density at radius 1 is 1.69 bits per heavy atom. The highest BCUT2D eigenvalue weighted by Gasteiger charge is 2.17. The molecule has 0 bridgehead atoms. The Bertz CT molecular complexity index is 283. The van der Waals surface area contributed by atoms with E-state index in [0.29, 0.717) is 12.1 Å². The van der Waals surface area contributed by atoms with E-state index in [-0.39, 0.29) is 0 Å². The summed E-state index contributed by atoms with van der Waals surface area (Å²) in [7, 11) is 2.04. The second-order valence-electron chi connectivity index (χ2n) is 4.37. The lowest BCUT2D eigenvalue weighted by atomic mass is 10.0. The fraction of sp³-hybridized carbons (Fsp3) is 0.750. The molecule has 1 saturated heterocycles. The van der Waals surface area contributed by atoms with Crippen molar-refractivity contribution in [2.45, 2.75) is 44.2 Å². The van der Waals surface area contributed by atoms with Crippen molar-refractivity contribution in [3.05, 3.63) is 16.6 Å². The van der Waals surface area contributed by atoms with Crippen LogP contribution in [0.2, 0.25) is 0 Å². The standard InChI is InChI=1S/C12H20N2OS/c1-13-10(7-12-8-14-9-16-12)4-5-11-3-2-6-15-11/h8-11,13H,2-7H2,1H3. The zero-order chi connectivity index (χ0) is 11.2. The number of hydrogen-bond donors (Lipinski definition) is 1. The van der Waals surface area contributed by atoms with Crippen LogP contribution in [0.4, 0.5) is 0 Å². The summed E-state index contributed by atoms with van der Waals surface area (Å²) in [4.78, 5) is 5.48. The molecule has 0 aromatic carbocycles. The summed E-state index contributed by atoms with van der Waals surface area (Å²) < 4.78 is 5.65. The highest BCUT2D eigenvalue weighted by Crippen LogP contribution is 2.19. The second kappa shape index (κ2) is 6.33. The van der Waals surface area contributed by atoms with Crippen LogP contribution in [0.3, 0.4) is 0 Å². The van der Waals surface area contributed by atoms with Crippen LogP contribution < -0.4 is 5.32 Å². The Hall–Kier alpha value is -0.450. The predicted octanol–water partition coefficient (Wildman–Crippen LogP) is 2.23. The number of likely N-dealkylation sites (N-methyl/N-ethyl adjacent to an activating group) is 1. The molecule has 1 aliphatic heterocycles. The van der Waals surface area contributed by atoms with Crippen molar-refractivity contribution >= 4 is 11.3 Å². The topological polar surface area (TPSA) is 34.1 Å². The SMILES string of the molecule is CNC(CCC1CCCO1)Cc1cncs1. The fourth-order valence-corrected chi connectivity index (χ4v) is 2.87. The lowest BCUT2D eigenvalue weighted by Gasteiger charge is -2.17. The van der Waals surface area contributed by atoms with Crippen molar-refractivity contribution in [3.63, 3.8) is 0 Å². The zero-order valence-corrected chi connectivity index (χ0v) is 10.6. The normalized spacial score (nSPS) is 22.4. The summed E-state index contributed by atoms with van der Waals surface area (Å²) in [5.41, 5.74) is 1.90. The van der Waals surface area contributed by atoms with Crippen LogP contribution in [0.15, 0.2) is 11.7 Å². The number of rotatable bonds is 6. The molecular weight excluding hydrogens is 220 g/mol. The highest BCUT2D eigenvalue weighted by molar-refractivity contribution is 7.09. The third kappa shape index (κ3) is 3.54. The summed E-state index contributed by atoms with van der Waals surface area (Å²) >= 11 is 1.74. The highest BCUT2D eigenvalue weighted by atomic mass is 32.1. The molecular formula is C12H20N2OS. The predicted molar refractivity (Wildman–Crippen MR) is 66.9 cm³/mol. The molecule has 1 aromatic rings. The van der Waals surface area contributed by atoms with Crippen LogP contribution >= 0.6 is 11.3 Å². The molecule has 90 valence electrons. The summed E-state index contributed by atoms with van der Waals surface area (Å²) in [6.07, 6.45) is 8.44. The molecule has 0 saturated carbocycles. The summed E-state index contributed by atoms with van der Waals surface area (Å²) in [5.74, 6) is 0. The van der Waals surface area contributed by atoms with Gasteiger partial charge in [0.1, 0.15) is 0 Å². The average molecular weight is 240 g/mol. The van der Waals surface area contributed by atoms with Crippen molar-refractivity contribution in [2.24, 2.45) is 0 Å². The molecule has 2 unspecified atom stereocenters. The molecule has 0 amide bonds. The van der Waals surface area contributed by atoms with Gasteiger partial charge < -0.3 is 10.1 Å². The Balaban J connectivity index is 1.72. The Morgan fingerprint density at radius 3 is 3.25 bits per heavy atom. The van der Waals surface area contributed by atoms with Gasteiger partial charge in [0.25, 0.3) is 0 Å². The first kappa shape index (κ1) is 12.0. The summed E-state index contributed by atoms with van der Waals surface area (Å²) in [6, 6.07) is 0.560. The average Bonchev–Trinajstić information content (AvgIpc) is 2.97. The van der Waals surface area contributed by atoms with E-state index in [0.717, 1.165) is 13.0 Å². The molecule has 3 nitrogen and oxygen atoms in total. The first-order chi connectivity index (χ1) is 7.88. The van der Waals surface area contributed by atoms with E-state index in [4.69, 9.17) is 4.74 Å². The molecule has 0 radical (unpaired) electrons. The van der Waals surface area contributed by atoms with Crippen molar-refractivity contribution in [1.82, 2.24) is 10.3 Å². The first-order valence-corrected chi connectivity index (χ1v) is 6.92. The number of hydrogen-bond acceptors (Lipinski definition) is 4. The maximum absolute atomic E-state index is 5.65. The minimum absolute atomic E-state index is 0.511. The molecule has 1 aromatic heterocycles. The quantitative estimate of drug-likeness (QED) is 0.828. The van der Waals surface area contributed by atoms with Gasteiger partial charge in [-0.05, 0) is 39.2 Å². The molecule has 1 N–H and O–H groups in total. The third-order valence-electron chi connectivity index (χ3n) is 3.20. The van der Waals surface area contributed by atoms with Gasteiger partial charge in [-0.1, -0.05) is 0 Å². The Kier molecular flexibility index (Phi) is 4.75. The van der Waals surface area contributed by atoms with Gasteiger partial charge in [-0.15, -0.1) is 11.3 Å². The van der Waals surface area contributed by atoms with E-state index in [9.17, 15) is 0 Å². The number of nitrogens with zero attached hydrogens (tertiary/aromatic N) is 1. The number of thiazole rings is 1.